The van der Waals surface area contributed by atoms with Gasteiger partial charge in [-0.2, -0.15) is 24.9 Å². The first-order valence-corrected chi connectivity index (χ1v) is 12.9. The van der Waals surface area contributed by atoms with Gasteiger partial charge in [0.25, 0.3) is 11.5 Å². The van der Waals surface area contributed by atoms with Crippen LogP contribution in [0.4, 0.5) is 13.2 Å². The van der Waals surface area contributed by atoms with E-state index in [1.54, 1.807) is 6.20 Å². The van der Waals surface area contributed by atoms with E-state index in [0.29, 0.717) is 22.8 Å². The normalized spacial score (nSPS) is 12.2. The molecule has 1 aliphatic heterocycles. The largest absolute Gasteiger partial charge is 0.507 e. The lowest BCUT2D eigenvalue weighted by Crippen LogP contribution is -2.37. The van der Waals surface area contributed by atoms with E-state index >= 15 is 0 Å². The van der Waals surface area contributed by atoms with Crippen LogP contribution in [0.15, 0.2) is 47.4 Å². The number of carbonyl (C=O) groups excluding carboxylic acids is 1. The average molecular weight is 580 g/mol. The second-order valence-corrected chi connectivity index (χ2v) is 9.46. The van der Waals surface area contributed by atoms with Gasteiger partial charge in [0.2, 0.25) is 0 Å². The molecule has 0 radical (unpaired) electrons. The highest BCUT2D eigenvalue weighted by molar-refractivity contribution is 7.98. The van der Waals surface area contributed by atoms with Gasteiger partial charge in [-0.15, -0.1) is 0 Å². The monoisotopic (exact) mass is 579 g/mol. The molecule has 4 N–H and O–H groups in total. The quantitative estimate of drug-likeness (QED) is 0.329. The fraction of sp³-hybridized carbons (Fsp3) is 0.269. The number of carbonyl (C=O) groups is 3. The molecule has 1 aromatic carbocycles. The average Bonchev–Trinajstić information content (AvgIpc) is 3.40. The third-order valence-corrected chi connectivity index (χ3v) is 6.82. The molecule has 212 valence electrons. The van der Waals surface area contributed by atoms with Crippen LogP contribution in [0, 0.1) is 0 Å². The standard InChI is InChI=1S/C24H23N3O5S.C2HF3O2/c1-2-15-5-3-4-6-16(15)18-8-7-14(9-25-18)11-27-19-13-33-12-17(19)22(30)21(24(27)32)23(31)26-10-20(28)29;3-2(4,5)1(6)7/h3-9,30H,2,10-13H2,1H3,(H,26,31)(H,28,29);(H,6,7). The summed E-state index contributed by atoms with van der Waals surface area (Å²) in [7, 11) is 0. The van der Waals surface area contributed by atoms with E-state index in [-0.39, 0.29) is 12.3 Å². The van der Waals surface area contributed by atoms with Crippen molar-refractivity contribution < 1.29 is 42.9 Å². The molecule has 0 bridgehead atoms. The number of aromatic nitrogens is 2. The second-order valence-electron chi connectivity index (χ2n) is 8.47. The van der Waals surface area contributed by atoms with Crippen molar-refractivity contribution in [2.45, 2.75) is 37.6 Å². The van der Waals surface area contributed by atoms with E-state index in [2.05, 4.69) is 23.3 Å². The molecule has 0 unspecified atom stereocenters. The molecule has 1 amide bonds. The Morgan fingerprint density at radius 1 is 1.10 bits per heavy atom. The molecule has 0 fully saturated rings. The van der Waals surface area contributed by atoms with Crippen molar-refractivity contribution in [2.24, 2.45) is 0 Å². The molecule has 0 saturated carbocycles. The lowest BCUT2D eigenvalue weighted by Gasteiger charge is -2.16. The van der Waals surface area contributed by atoms with Crippen molar-refractivity contribution in [3.05, 3.63) is 80.9 Å². The molecule has 4 rings (SSSR count). The molecule has 40 heavy (non-hydrogen) atoms. The van der Waals surface area contributed by atoms with Crippen LogP contribution in [0.2, 0.25) is 0 Å². The third kappa shape index (κ3) is 7.00. The number of fused-ring (bicyclic) bond motifs is 1. The molecule has 0 atom stereocenters. The highest BCUT2D eigenvalue weighted by atomic mass is 32.2. The highest BCUT2D eigenvalue weighted by Gasteiger charge is 2.38. The SMILES string of the molecule is CCc1ccccc1-c1ccc(Cn2c3c(c(O)c(C(=O)NCC(=O)O)c2=O)CSC3)cn1.O=C(O)C(F)(F)F. The fourth-order valence-electron chi connectivity index (χ4n) is 3.93. The number of aromatic hydroxyl groups is 1. The molecular formula is C26H24F3N3O7S. The number of halogens is 3. The Hall–Kier alpha value is -4.33. The number of hydrogen-bond donors (Lipinski definition) is 4. The number of pyridine rings is 2. The smallest absolute Gasteiger partial charge is 0.490 e. The molecule has 0 spiro atoms. The number of carboxylic acids is 2. The Balaban J connectivity index is 0.000000559. The molecule has 0 aliphatic carbocycles. The van der Waals surface area contributed by atoms with Gasteiger partial charge in [0.05, 0.1) is 12.2 Å². The minimum absolute atomic E-state index is 0.184. The number of carboxylic acid groups (broad SMARTS) is 2. The zero-order chi connectivity index (χ0) is 29.6. The van der Waals surface area contributed by atoms with Crippen LogP contribution in [-0.2, 0) is 34.1 Å². The van der Waals surface area contributed by atoms with Crippen molar-refractivity contribution in [1.29, 1.82) is 0 Å². The molecule has 14 heteroatoms. The number of hydrogen-bond acceptors (Lipinski definition) is 7. The highest BCUT2D eigenvalue weighted by Crippen LogP contribution is 2.36. The Labute approximate surface area is 229 Å². The number of nitrogens with zero attached hydrogens (tertiary/aromatic N) is 2. The summed E-state index contributed by atoms with van der Waals surface area (Å²) in [6, 6.07) is 11.9. The maximum absolute atomic E-state index is 13.2. The van der Waals surface area contributed by atoms with Gasteiger partial charge in [0, 0.05) is 34.5 Å². The summed E-state index contributed by atoms with van der Waals surface area (Å²) < 4.78 is 33.2. The van der Waals surface area contributed by atoms with Gasteiger partial charge in [0.1, 0.15) is 17.9 Å². The van der Waals surface area contributed by atoms with Crippen molar-refractivity contribution in [3.63, 3.8) is 0 Å². The van der Waals surface area contributed by atoms with Gasteiger partial charge in [-0.05, 0) is 23.6 Å². The number of amides is 1. The maximum Gasteiger partial charge on any atom is 0.490 e. The van der Waals surface area contributed by atoms with Crippen LogP contribution < -0.4 is 10.9 Å². The molecule has 3 aromatic rings. The third-order valence-electron chi connectivity index (χ3n) is 5.85. The van der Waals surface area contributed by atoms with E-state index < -0.39 is 41.7 Å². The van der Waals surface area contributed by atoms with Gasteiger partial charge >= 0.3 is 18.1 Å². The summed E-state index contributed by atoms with van der Waals surface area (Å²) in [6.07, 6.45) is -2.49. The second kappa shape index (κ2) is 12.7. The molecular weight excluding hydrogens is 555 g/mol. The van der Waals surface area contributed by atoms with Crippen molar-refractivity contribution in [1.82, 2.24) is 14.9 Å². The number of benzene rings is 1. The predicted octanol–water partition coefficient (Wildman–Crippen LogP) is 3.42. The number of thioether (sulfide) groups is 1. The van der Waals surface area contributed by atoms with Crippen LogP contribution in [-0.4, -0.2) is 55.4 Å². The Morgan fingerprint density at radius 3 is 2.35 bits per heavy atom. The predicted molar refractivity (Wildman–Crippen MR) is 139 cm³/mol. The number of nitrogens with one attached hydrogen (secondary N) is 1. The van der Waals surface area contributed by atoms with Crippen LogP contribution in [0.5, 0.6) is 5.75 Å². The Morgan fingerprint density at radius 2 is 1.77 bits per heavy atom. The number of alkyl halides is 3. The molecule has 10 nitrogen and oxygen atoms in total. The fourth-order valence-corrected chi connectivity index (χ4v) is 5.06. The van der Waals surface area contributed by atoms with Crippen LogP contribution in [0.1, 0.15) is 39.7 Å². The number of aliphatic carboxylic acids is 2. The zero-order valence-corrected chi connectivity index (χ0v) is 21.8. The van der Waals surface area contributed by atoms with E-state index in [4.69, 9.17) is 15.0 Å². The van der Waals surface area contributed by atoms with E-state index in [1.165, 1.54) is 21.9 Å². The van der Waals surface area contributed by atoms with Crippen LogP contribution in [0.3, 0.4) is 0 Å². The summed E-state index contributed by atoms with van der Waals surface area (Å²) in [4.78, 5) is 49.9. The van der Waals surface area contributed by atoms with Gasteiger partial charge in [-0.3, -0.25) is 19.4 Å². The molecule has 1 aliphatic rings. The molecule has 0 saturated heterocycles. The number of rotatable bonds is 7. The van der Waals surface area contributed by atoms with Crippen molar-refractivity contribution in [3.8, 4) is 17.0 Å². The molecule has 3 heterocycles. The summed E-state index contributed by atoms with van der Waals surface area (Å²) in [6.45, 7) is 1.63. The van der Waals surface area contributed by atoms with Crippen molar-refractivity contribution in [2.75, 3.05) is 6.54 Å². The first-order valence-electron chi connectivity index (χ1n) is 11.7. The van der Waals surface area contributed by atoms with Crippen LogP contribution in [0.25, 0.3) is 11.3 Å². The van der Waals surface area contributed by atoms with Crippen molar-refractivity contribution >= 4 is 29.6 Å². The van der Waals surface area contributed by atoms with Crippen LogP contribution >= 0.6 is 11.8 Å². The summed E-state index contributed by atoms with van der Waals surface area (Å²) in [5.41, 5.74) is 3.97. The first-order chi connectivity index (χ1) is 18.8. The van der Waals surface area contributed by atoms with Gasteiger partial charge in [-0.1, -0.05) is 37.3 Å². The molecule has 2 aromatic heterocycles. The van der Waals surface area contributed by atoms with E-state index in [9.17, 15) is 32.7 Å². The number of aryl methyl sites for hydroxylation is 1. The summed E-state index contributed by atoms with van der Waals surface area (Å²) in [5.74, 6) is -4.28. The minimum Gasteiger partial charge on any atom is -0.507 e. The van der Waals surface area contributed by atoms with Gasteiger partial charge in [0.15, 0.2) is 0 Å². The lowest BCUT2D eigenvalue weighted by atomic mass is 10.0. The topological polar surface area (TPSA) is 159 Å². The maximum atomic E-state index is 13.2. The minimum atomic E-state index is -5.08. The van der Waals surface area contributed by atoms with E-state index in [0.717, 1.165) is 23.2 Å². The lowest BCUT2D eigenvalue weighted by molar-refractivity contribution is -0.192. The Kier molecular flexibility index (Phi) is 9.58. The summed E-state index contributed by atoms with van der Waals surface area (Å²) in [5, 5.41) is 28.7. The first kappa shape index (κ1) is 30.2. The zero-order valence-electron chi connectivity index (χ0n) is 21.0. The van der Waals surface area contributed by atoms with Gasteiger partial charge in [-0.25, -0.2) is 4.79 Å². The van der Waals surface area contributed by atoms with E-state index in [1.807, 2.05) is 30.3 Å². The Bertz CT molecular complexity index is 1490. The summed E-state index contributed by atoms with van der Waals surface area (Å²) >= 11 is 1.53. The van der Waals surface area contributed by atoms with Gasteiger partial charge < -0.3 is 25.2 Å².